The van der Waals surface area contributed by atoms with Crippen molar-refractivity contribution in [1.82, 2.24) is 5.32 Å². The van der Waals surface area contributed by atoms with Gasteiger partial charge in [-0.15, -0.1) is 0 Å². The molecule has 1 fully saturated rings. The average Bonchev–Trinajstić information content (AvgIpc) is 2.66. The van der Waals surface area contributed by atoms with Gasteiger partial charge in [-0.1, -0.05) is 75.5 Å². The number of amides is 1. The van der Waals surface area contributed by atoms with Gasteiger partial charge in [-0.25, -0.2) is 0 Å². The number of rotatable bonds is 4. The van der Waals surface area contributed by atoms with Crippen LogP contribution in [-0.2, 0) is 4.79 Å². The van der Waals surface area contributed by atoms with Gasteiger partial charge in [0.2, 0.25) is 0 Å². The van der Waals surface area contributed by atoms with Gasteiger partial charge in [-0.2, -0.15) is 5.26 Å². The molecule has 4 nitrogen and oxygen atoms in total. The smallest absolute Gasteiger partial charge is 0.267 e. The molecule has 1 aromatic rings. The normalized spacial score (nSPS) is 17.9. The van der Waals surface area contributed by atoms with E-state index in [1.165, 1.54) is 57.8 Å². The minimum absolute atomic E-state index is 0.127. The molecule has 0 spiro atoms. The maximum absolute atomic E-state index is 12.4. The summed E-state index contributed by atoms with van der Waals surface area (Å²) in [6.07, 6.45) is 15.5. The summed E-state index contributed by atoms with van der Waals surface area (Å²) >= 11 is 0. The highest BCUT2D eigenvalue weighted by molar-refractivity contribution is 6.06. The number of hydrogen-bond acceptors (Lipinski definition) is 3. The van der Waals surface area contributed by atoms with Crippen molar-refractivity contribution in [2.24, 2.45) is 0 Å². The van der Waals surface area contributed by atoms with Crippen LogP contribution in [-0.4, -0.2) is 11.9 Å². The van der Waals surface area contributed by atoms with Crippen molar-refractivity contribution in [2.45, 2.75) is 83.6 Å². The molecule has 0 bridgehead atoms. The Balaban J connectivity index is 1.90. The van der Waals surface area contributed by atoms with Crippen LogP contribution in [0.15, 0.2) is 36.0 Å². The summed E-state index contributed by atoms with van der Waals surface area (Å²) < 4.78 is 0. The van der Waals surface area contributed by atoms with Crippen LogP contribution in [0.1, 0.15) is 76.2 Å². The van der Waals surface area contributed by atoms with Crippen LogP contribution >= 0.6 is 0 Å². The van der Waals surface area contributed by atoms with E-state index in [1.807, 2.05) is 37.3 Å². The summed E-state index contributed by atoms with van der Waals surface area (Å²) in [7, 11) is 0. The van der Waals surface area contributed by atoms with E-state index in [0.29, 0.717) is 11.7 Å². The first-order valence-electron chi connectivity index (χ1n) is 10.4. The van der Waals surface area contributed by atoms with Crippen LogP contribution in [0.4, 0.5) is 5.69 Å². The van der Waals surface area contributed by atoms with E-state index < -0.39 is 0 Å². The second-order valence-corrected chi connectivity index (χ2v) is 7.61. The zero-order valence-electron chi connectivity index (χ0n) is 16.6. The van der Waals surface area contributed by atoms with Gasteiger partial charge < -0.3 is 10.6 Å². The highest BCUT2D eigenvalue weighted by Gasteiger charge is 2.12. The Bertz CT molecular complexity index is 631. The maximum atomic E-state index is 12.4. The Kier molecular flexibility index (Phi) is 9.48. The molecule has 0 heterocycles. The van der Waals surface area contributed by atoms with Gasteiger partial charge in [-0.05, 0) is 31.9 Å². The Hall–Kier alpha value is -2.28. The lowest BCUT2D eigenvalue weighted by Gasteiger charge is -2.18. The quantitative estimate of drug-likeness (QED) is 0.537. The predicted octanol–water partition coefficient (Wildman–Crippen LogP) is 5.60. The lowest BCUT2D eigenvalue weighted by atomic mass is 9.98. The van der Waals surface area contributed by atoms with Crippen molar-refractivity contribution in [3.05, 3.63) is 41.6 Å². The fraction of sp³-hybridized carbons (Fsp3) is 0.565. The molecule has 0 saturated heterocycles. The molecule has 1 amide bonds. The van der Waals surface area contributed by atoms with E-state index in [4.69, 9.17) is 0 Å². The Morgan fingerprint density at radius 3 is 2.00 bits per heavy atom. The lowest BCUT2D eigenvalue weighted by Crippen LogP contribution is -2.26. The standard InChI is InChI=1S/C23H33N3O/c1-19-13-15-22(16-14-19)26-23(27)20(17-24)18-25-21-11-9-7-5-3-2-4-6-8-10-12-21/h13-16,18,21,25H,2-12H2,1H3,(H,26,27)/b20-18-. The van der Waals surface area contributed by atoms with Crippen molar-refractivity contribution in [3.63, 3.8) is 0 Å². The Morgan fingerprint density at radius 1 is 0.963 bits per heavy atom. The molecule has 0 radical (unpaired) electrons. The van der Waals surface area contributed by atoms with Crippen molar-refractivity contribution in [3.8, 4) is 6.07 Å². The summed E-state index contributed by atoms with van der Waals surface area (Å²) in [6, 6.07) is 9.95. The molecular formula is C23H33N3O. The molecule has 2 N–H and O–H groups in total. The number of carbonyl (C=O) groups is 1. The molecule has 0 aromatic heterocycles. The van der Waals surface area contributed by atoms with Crippen molar-refractivity contribution < 1.29 is 4.79 Å². The van der Waals surface area contributed by atoms with Gasteiger partial charge in [0.25, 0.3) is 5.91 Å². The van der Waals surface area contributed by atoms with Crippen LogP contribution in [0.5, 0.6) is 0 Å². The fourth-order valence-electron chi connectivity index (χ4n) is 3.52. The van der Waals surface area contributed by atoms with E-state index >= 15 is 0 Å². The third-order valence-electron chi connectivity index (χ3n) is 5.24. The number of anilines is 1. The van der Waals surface area contributed by atoms with Gasteiger partial charge in [0.15, 0.2) is 0 Å². The number of nitrogens with zero attached hydrogens (tertiary/aromatic N) is 1. The summed E-state index contributed by atoms with van der Waals surface area (Å²) in [4.78, 5) is 12.4. The zero-order valence-corrected chi connectivity index (χ0v) is 16.6. The van der Waals surface area contributed by atoms with Gasteiger partial charge in [0, 0.05) is 17.9 Å². The number of nitrogens with one attached hydrogen (secondary N) is 2. The number of nitriles is 1. The highest BCUT2D eigenvalue weighted by Crippen LogP contribution is 2.17. The van der Waals surface area contributed by atoms with Crippen LogP contribution < -0.4 is 10.6 Å². The number of carbonyl (C=O) groups excluding carboxylic acids is 1. The first-order valence-corrected chi connectivity index (χ1v) is 10.4. The minimum Gasteiger partial charge on any atom is -0.387 e. The third kappa shape index (κ3) is 8.30. The molecule has 0 aliphatic heterocycles. The molecule has 4 heteroatoms. The molecule has 27 heavy (non-hydrogen) atoms. The SMILES string of the molecule is Cc1ccc(NC(=O)/C(C#N)=C\NC2CCCCCCCCCCC2)cc1. The van der Waals surface area contributed by atoms with Crippen LogP contribution in [0.25, 0.3) is 0 Å². The fourth-order valence-corrected chi connectivity index (χ4v) is 3.52. The largest absolute Gasteiger partial charge is 0.387 e. The predicted molar refractivity (Wildman–Crippen MR) is 111 cm³/mol. The summed E-state index contributed by atoms with van der Waals surface area (Å²) in [5.74, 6) is -0.359. The molecule has 0 atom stereocenters. The Labute approximate surface area is 164 Å². The maximum Gasteiger partial charge on any atom is 0.267 e. The van der Waals surface area contributed by atoms with E-state index in [-0.39, 0.29) is 11.5 Å². The van der Waals surface area contributed by atoms with E-state index in [1.54, 1.807) is 6.20 Å². The summed E-state index contributed by atoms with van der Waals surface area (Å²) in [5.41, 5.74) is 1.97. The van der Waals surface area contributed by atoms with Crippen molar-refractivity contribution in [2.75, 3.05) is 5.32 Å². The van der Waals surface area contributed by atoms with E-state index in [2.05, 4.69) is 10.6 Å². The number of hydrogen-bond donors (Lipinski definition) is 2. The monoisotopic (exact) mass is 367 g/mol. The topological polar surface area (TPSA) is 64.9 Å². The second kappa shape index (κ2) is 12.2. The highest BCUT2D eigenvalue weighted by atomic mass is 16.1. The number of aryl methyl sites for hydroxylation is 1. The molecule has 1 aliphatic rings. The van der Waals surface area contributed by atoms with Crippen LogP contribution in [0, 0.1) is 18.3 Å². The van der Waals surface area contributed by atoms with E-state index in [9.17, 15) is 10.1 Å². The molecule has 1 saturated carbocycles. The van der Waals surface area contributed by atoms with Gasteiger partial charge in [0.05, 0.1) is 0 Å². The van der Waals surface area contributed by atoms with Gasteiger partial charge in [-0.3, -0.25) is 4.79 Å². The molecule has 2 rings (SSSR count). The molecule has 146 valence electrons. The molecular weight excluding hydrogens is 334 g/mol. The third-order valence-corrected chi connectivity index (χ3v) is 5.24. The minimum atomic E-state index is -0.359. The van der Waals surface area contributed by atoms with Crippen molar-refractivity contribution in [1.29, 1.82) is 5.26 Å². The van der Waals surface area contributed by atoms with Crippen molar-refractivity contribution >= 4 is 11.6 Å². The Morgan fingerprint density at radius 2 is 1.48 bits per heavy atom. The van der Waals surface area contributed by atoms with Gasteiger partial charge in [0.1, 0.15) is 11.6 Å². The average molecular weight is 368 g/mol. The molecule has 1 aliphatic carbocycles. The first-order chi connectivity index (χ1) is 13.2. The van der Waals surface area contributed by atoms with E-state index in [0.717, 1.165) is 18.4 Å². The molecule has 0 unspecified atom stereocenters. The number of benzene rings is 1. The summed E-state index contributed by atoms with van der Waals surface area (Å²) in [5, 5.41) is 15.5. The lowest BCUT2D eigenvalue weighted by molar-refractivity contribution is -0.112. The van der Waals surface area contributed by atoms with Crippen LogP contribution in [0.2, 0.25) is 0 Å². The second-order valence-electron chi connectivity index (χ2n) is 7.61. The van der Waals surface area contributed by atoms with Gasteiger partial charge >= 0.3 is 0 Å². The van der Waals surface area contributed by atoms with Crippen LogP contribution in [0.3, 0.4) is 0 Å². The first kappa shape index (κ1) is 21.0. The molecule has 1 aromatic carbocycles. The summed E-state index contributed by atoms with van der Waals surface area (Å²) in [6.45, 7) is 2.00. The zero-order chi connectivity index (χ0) is 19.3.